The Kier molecular flexibility index (Phi) is 5.79. The van der Waals surface area contributed by atoms with Crippen molar-refractivity contribution in [3.63, 3.8) is 0 Å². The third kappa shape index (κ3) is 4.20. The van der Waals surface area contributed by atoms with Gasteiger partial charge in [0, 0.05) is 37.3 Å². The molecule has 0 aliphatic carbocycles. The third-order valence-corrected chi connectivity index (χ3v) is 5.14. The quantitative estimate of drug-likeness (QED) is 0.647. The zero-order valence-electron chi connectivity index (χ0n) is 17.1. The molecule has 2 heterocycles. The van der Waals surface area contributed by atoms with Crippen LogP contribution in [-0.4, -0.2) is 53.6 Å². The molecule has 1 saturated heterocycles. The van der Waals surface area contributed by atoms with Crippen molar-refractivity contribution in [1.29, 1.82) is 0 Å². The number of nitrogens with zero attached hydrogens (tertiary/aromatic N) is 4. The number of benzene rings is 2. The lowest BCUT2D eigenvalue weighted by Crippen LogP contribution is -2.54. The Morgan fingerprint density at radius 1 is 1.00 bits per heavy atom. The van der Waals surface area contributed by atoms with Crippen LogP contribution in [-0.2, 0) is 0 Å². The smallest absolute Gasteiger partial charge is 0.254 e. The number of carbonyl (C=O) groups excluding carboxylic acids is 1. The van der Waals surface area contributed by atoms with E-state index < -0.39 is 0 Å². The zero-order valence-corrected chi connectivity index (χ0v) is 17.1. The molecule has 1 aliphatic heterocycles. The van der Waals surface area contributed by atoms with Crippen LogP contribution in [0, 0.1) is 0 Å². The standard InChI is InChI=1S/C23H24N4O3/c1-17-15-26(12-13-27(17)23(28)18-8-4-3-5-9-18)21-14-22(25-16-24-21)30-20-11-7-6-10-19(20)29-2/h3-11,14,16-17H,12-13,15H2,1-2H3. The van der Waals surface area contributed by atoms with E-state index in [4.69, 9.17) is 9.47 Å². The van der Waals surface area contributed by atoms with E-state index in [-0.39, 0.29) is 11.9 Å². The predicted molar refractivity (Wildman–Crippen MR) is 114 cm³/mol. The van der Waals surface area contributed by atoms with Crippen LogP contribution in [0.1, 0.15) is 17.3 Å². The zero-order chi connectivity index (χ0) is 20.9. The number of ether oxygens (including phenoxy) is 2. The van der Waals surface area contributed by atoms with Gasteiger partial charge in [-0.15, -0.1) is 0 Å². The van der Waals surface area contributed by atoms with Crippen molar-refractivity contribution < 1.29 is 14.3 Å². The van der Waals surface area contributed by atoms with Gasteiger partial charge in [0.05, 0.1) is 7.11 Å². The highest BCUT2D eigenvalue weighted by Crippen LogP contribution is 2.31. The minimum atomic E-state index is 0.0556. The molecule has 0 bridgehead atoms. The van der Waals surface area contributed by atoms with Crippen molar-refractivity contribution in [3.05, 3.63) is 72.6 Å². The number of aromatic nitrogens is 2. The van der Waals surface area contributed by atoms with E-state index in [0.29, 0.717) is 42.6 Å². The number of hydrogen-bond acceptors (Lipinski definition) is 6. The SMILES string of the molecule is COc1ccccc1Oc1cc(N2CCN(C(=O)c3ccccc3)C(C)C2)ncn1. The van der Waals surface area contributed by atoms with Crippen LogP contribution >= 0.6 is 0 Å². The Labute approximate surface area is 175 Å². The van der Waals surface area contributed by atoms with Crippen LogP contribution < -0.4 is 14.4 Å². The predicted octanol–water partition coefficient (Wildman–Crippen LogP) is 3.63. The molecule has 0 radical (unpaired) electrons. The minimum absolute atomic E-state index is 0.0556. The van der Waals surface area contributed by atoms with Gasteiger partial charge < -0.3 is 19.3 Å². The number of piperazine rings is 1. The molecule has 0 spiro atoms. The first-order chi connectivity index (χ1) is 14.7. The molecule has 0 saturated carbocycles. The summed E-state index contributed by atoms with van der Waals surface area (Å²) in [7, 11) is 1.60. The molecule has 1 fully saturated rings. The number of para-hydroxylation sites is 2. The summed E-state index contributed by atoms with van der Waals surface area (Å²) in [5, 5.41) is 0. The van der Waals surface area contributed by atoms with Crippen molar-refractivity contribution in [2.75, 3.05) is 31.6 Å². The van der Waals surface area contributed by atoms with Crippen molar-refractivity contribution in [1.82, 2.24) is 14.9 Å². The van der Waals surface area contributed by atoms with Crippen molar-refractivity contribution >= 4 is 11.7 Å². The van der Waals surface area contributed by atoms with E-state index in [9.17, 15) is 4.79 Å². The average molecular weight is 404 g/mol. The lowest BCUT2D eigenvalue weighted by molar-refractivity contribution is 0.0673. The maximum absolute atomic E-state index is 12.8. The van der Waals surface area contributed by atoms with Gasteiger partial charge in [0.15, 0.2) is 11.5 Å². The molecule has 1 aliphatic rings. The van der Waals surface area contributed by atoms with Crippen molar-refractivity contribution in [2.45, 2.75) is 13.0 Å². The number of methoxy groups -OCH3 is 1. The number of anilines is 1. The fourth-order valence-corrected chi connectivity index (χ4v) is 3.59. The second kappa shape index (κ2) is 8.82. The normalized spacial score (nSPS) is 16.3. The van der Waals surface area contributed by atoms with Crippen LogP contribution in [0.5, 0.6) is 17.4 Å². The van der Waals surface area contributed by atoms with Crippen LogP contribution in [0.4, 0.5) is 5.82 Å². The molecule has 1 aromatic heterocycles. The van der Waals surface area contributed by atoms with E-state index >= 15 is 0 Å². The Morgan fingerprint density at radius 2 is 1.73 bits per heavy atom. The lowest BCUT2D eigenvalue weighted by atomic mass is 10.1. The maximum atomic E-state index is 12.8. The Bertz CT molecular complexity index is 1010. The number of rotatable bonds is 5. The molecule has 0 N–H and O–H groups in total. The summed E-state index contributed by atoms with van der Waals surface area (Å²) >= 11 is 0. The van der Waals surface area contributed by atoms with E-state index in [0.717, 1.165) is 5.82 Å². The van der Waals surface area contributed by atoms with Gasteiger partial charge in [-0.05, 0) is 31.2 Å². The van der Waals surface area contributed by atoms with Gasteiger partial charge in [-0.2, -0.15) is 0 Å². The second-order valence-electron chi connectivity index (χ2n) is 7.13. The molecule has 7 heteroatoms. The Morgan fingerprint density at radius 3 is 2.47 bits per heavy atom. The highest BCUT2D eigenvalue weighted by molar-refractivity contribution is 5.94. The molecule has 3 aromatic rings. The van der Waals surface area contributed by atoms with Crippen molar-refractivity contribution in [2.24, 2.45) is 0 Å². The number of amides is 1. The molecular formula is C23H24N4O3. The summed E-state index contributed by atoms with van der Waals surface area (Å²) in [4.78, 5) is 25.5. The van der Waals surface area contributed by atoms with Crippen LogP contribution in [0.2, 0.25) is 0 Å². The molecule has 4 rings (SSSR count). The van der Waals surface area contributed by atoms with Crippen LogP contribution in [0.25, 0.3) is 0 Å². The minimum Gasteiger partial charge on any atom is -0.493 e. The van der Waals surface area contributed by atoms with Crippen LogP contribution in [0.15, 0.2) is 67.0 Å². The third-order valence-electron chi connectivity index (χ3n) is 5.14. The van der Waals surface area contributed by atoms with E-state index in [1.807, 2.05) is 65.6 Å². The van der Waals surface area contributed by atoms with Crippen LogP contribution in [0.3, 0.4) is 0 Å². The van der Waals surface area contributed by atoms with Gasteiger partial charge in [0.25, 0.3) is 5.91 Å². The summed E-state index contributed by atoms with van der Waals surface area (Å²) in [5.41, 5.74) is 0.715. The van der Waals surface area contributed by atoms with Gasteiger partial charge in [-0.3, -0.25) is 4.79 Å². The Balaban J connectivity index is 1.46. The average Bonchev–Trinajstić information content (AvgIpc) is 2.80. The lowest BCUT2D eigenvalue weighted by Gasteiger charge is -2.40. The summed E-state index contributed by atoms with van der Waals surface area (Å²) in [6.07, 6.45) is 1.49. The molecule has 1 atom stereocenters. The molecule has 30 heavy (non-hydrogen) atoms. The molecule has 1 unspecified atom stereocenters. The van der Waals surface area contributed by atoms with Gasteiger partial charge in [-0.1, -0.05) is 30.3 Å². The maximum Gasteiger partial charge on any atom is 0.254 e. The highest BCUT2D eigenvalue weighted by atomic mass is 16.5. The topological polar surface area (TPSA) is 67.8 Å². The van der Waals surface area contributed by atoms with E-state index in [1.165, 1.54) is 6.33 Å². The fraction of sp³-hybridized carbons (Fsp3) is 0.261. The number of carbonyl (C=O) groups is 1. The number of hydrogen-bond donors (Lipinski definition) is 0. The summed E-state index contributed by atoms with van der Waals surface area (Å²) in [6, 6.07) is 18.7. The van der Waals surface area contributed by atoms with Crippen molar-refractivity contribution in [3.8, 4) is 17.4 Å². The van der Waals surface area contributed by atoms with E-state index in [1.54, 1.807) is 7.11 Å². The molecular weight excluding hydrogens is 380 g/mol. The fourth-order valence-electron chi connectivity index (χ4n) is 3.59. The van der Waals surface area contributed by atoms with Gasteiger partial charge >= 0.3 is 0 Å². The Hall–Kier alpha value is -3.61. The summed E-state index contributed by atoms with van der Waals surface area (Å²) < 4.78 is 11.2. The first-order valence-corrected chi connectivity index (χ1v) is 9.89. The monoisotopic (exact) mass is 404 g/mol. The highest BCUT2D eigenvalue weighted by Gasteiger charge is 2.29. The summed E-state index contributed by atoms with van der Waals surface area (Å²) in [6.45, 7) is 4.06. The molecule has 1 amide bonds. The van der Waals surface area contributed by atoms with Gasteiger partial charge in [0.2, 0.25) is 5.88 Å². The largest absolute Gasteiger partial charge is 0.493 e. The molecule has 154 valence electrons. The van der Waals surface area contributed by atoms with E-state index in [2.05, 4.69) is 21.8 Å². The first-order valence-electron chi connectivity index (χ1n) is 9.89. The molecule has 7 nitrogen and oxygen atoms in total. The summed E-state index contributed by atoms with van der Waals surface area (Å²) in [5.74, 6) is 2.51. The molecule has 2 aromatic carbocycles. The van der Waals surface area contributed by atoms with Gasteiger partial charge in [-0.25, -0.2) is 9.97 Å². The first kappa shape index (κ1) is 19.7. The second-order valence-corrected chi connectivity index (χ2v) is 7.13. The van der Waals surface area contributed by atoms with Gasteiger partial charge in [0.1, 0.15) is 12.1 Å².